The van der Waals surface area contributed by atoms with E-state index >= 15 is 0 Å². The van der Waals surface area contributed by atoms with Crippen LogP contribution >= 0.6 is 23.2 Å². The van der Waals surface area contributed by atoms with Crippen molar-refractivity contribution in [2.75, 3.05) is 5.32 Å². The zero-order valence-electron chi connectivity index (χ0n) is 7.13. The van der Waals surface area contributed by atoms with Gasteiger partial charge in [-0.3, -0.25) is 4.79 Å². The lowest BCUT2D eigenvalue weighted by molar-refractivity contribution is -0.115. The third-order valence-corrected chi connectivity index (χ3v) is 1.63. The Balaban J connectivity index is 2.76. The summed E-state index contributed by atoms with van der Waals surface area (Å²) in [4.78, 5) is 18.5. The Hall–Kier alpha value is -1.13. The van der Waals surface area contributed by atoms with E-state index in [9.17, 15) is 4.79 Å². The van der Waals surface area contributed by atoms with Crippen molar-refractivity contribution >= 4 is 34.9 Å². The molecule has 0 fully saturated rings. The standard InChI is InChI=1S/C8H7Cl2N3O/c1-2-3-7(14)12-6-4-5(9)11-8(10)13-6/h2,4H,1,3H2,(H,11,12,13,14). The second-order valence-electron chi connectivity index (χ2n) is 2.39. The fourth-order valence-electron chi connectivity index (χ4n) is 0.779. The second kappa shape index (κ2) is 4.93. The van der Waals surface area contributed by atoms with Crippen molar-refractivity contribution in [3.8, 4) is 0 Å². The molecule has 0 aromatic carbocycles. The van der Waals surface area contributed by atoms with Gasteiger partial charge < -0.3 is 5.32 Å². The first-order valence-electron chi connectivity index (χ1n) is 3.72. The molecule has 0 atom stereocenters. The minimum atomic E-state index is -0.231. The summed E-state index contributed by atoms with van der Waals surface area (Å²) in [5.74, 6) is 0.0488. The summed E-state index contributed by atoms with van der Waals surface area (Å²) < 4.78 is 0. The normalized spacial score (nSPS) is 9.57. The van der Waals surface area contributed by atoms with E-state index < -0.39 is 0 Å². The van der Waals surface area contributed by atoms with Gasteiger partial charge in [-0.05, 0) is 11.6 Å². The van der Waals surface area contributed by atoms with Crippen molar-refractivity contribution in [2.45, 2.75) is 6.42 Å². The SMILES string of the molecule is C=CCC(=O)Nc1cc(Cl)nc(Cl)n1. The molecule has 0 saturated heterocycles. The fraction of sp³-hybridized carbons (Fsp3) is 0.125. The second-order valence-corrected chi connectivity index (χ2v) is 3.11. The summed E-state index contributed by atoms with van der Waals surface area (Å²) in [6, 6.07) is 1.41. The quantitative estimate of drug-likeness (QED) is 0.494. The number of nitrogens with one attached hydrogen (secondary N) is 1. The maximum Gasteiger partial charge on any atom is 0.229 e. The average molecular weight is 232 g/mol. The number of nitrogens with zero attached hydrogens (tertiary/aromatic N) is 2. The van der Waals surface area contributed by atoms with Gasteiger partial charge in [-0.2, -0.15) is 0 Å². The fourth-order valence-corrected chi connectivity index (χ4v) is 1.19. The Morgan fingerprint density at radius 1 is 1.57 bits per heavy atom. The molecule has 0 unspecified atom stereocenters. The minimum absolute atomic E-state index is 0.00796. The molecule has 1 N–H and O–H groups in total. The maximum atomic E-state index is 11.1. The lowest BCUT2D eigenvalue weighted by atomic mass is 10.4. The van der Waals surface area contributed by atoms with Crippen LogP contribution in [0.15, 0.2) is 18.7 Å². The molecule has 0 radical (unpaired) electrons. The van der Waals surface area contributed by atoms with E-state index in [1.165, 1.54) is 12.1 Å². The maximum absolute atomic E-state index is 11.1. The van der Waals surface area contributed by atoms with Gasteiger partial charge in [-0.1, -0.05) is 17.7 Å². The van der Waals surface area contributed by atoms with Crippen LogP contribution in [0.1, 0.15) is 6.42 Å². The van der Waals surface area contributed by atoms with E-state index in [1.807, 2.05) is 0 Å². The van der Waals surface area contributed by atoms with Crippen LogP contribution in [0.25, 0.3) is 0 Å². The summed E-state index contributed by atoms with van der Waals surface area (Å²) in [6.07, 6.45) is 1.69. The van der Waals surface area contributed by atoms with E-state index in [2.05, 4.69) is 21.9 Å². The van der Waals surface area contributed by atoms with Gasteiger partial charge in [0, 0.05) is 12.5 Å². The van der Waals surface area contributed by atoms with E-state index in [1.54, 1.807) is 0 Å². The van der Waals surface area contributed by atoms with E-state index in [-0.39, 0.29) is 28.6 Å². The molecule has 0 spiro atoms. The number of rotatable bonds is 3. The third kappa shape index (κ3) is 3.32. The number of aromatic nitrogens is 2. The molecule has 0 aliphatic carbocycles. The van der Waals surface area contributed by atoms with Crippen LogP contribution in [-0.4, -0.2) is 15.9 Å². The molecule has 4 nitrogen and oxygen atoms in total. The molecule has 0 aliphatic rings. The highest BCUT2D eigenvalue weighted by Crippen LogP contribution is 2.14. The zero-order chi connectivity index (χ0) is 10.6. The van der Waals surface area contributed by atoms with E-state index in [4.69, 9.17) is 23.2 Å². The largest absolute Gasteiger partial charge is 0.310 e. The van der Waals surface area contributed by atoms with Crippen molar-refractivity contribution in [2.24, 2.45) is 0 Å². The van der Waals surface area contributed by atoms with Gasteiger partial charge in [0.1, 0.15) is 11.0 Å². The highest BCUT2D eigenvalue weighted by Gasteiger charge is 2.04. The van der Waals surface area contributed by atoms with Crippen molar-refractivity contribution in [3.05, 3.63) is 29.2 Å². The van der Waals surface area contributed by atoms with Crippen LogP contribution in [0.4, 0.5) is 5.82 Å². The predicted molar refractivity (Wildman–Crippen MR) is 55.5 cm³/mol. The number of carbonyl (C=O) groups excluding carboxylic acids is 1. The third-order valence-electron chi connectivity index (χ3n) is 1.26. The van der Waals surface area contributed by atoms with Crippen molar-refractivity contribution in [3.63, 3.8) is 0 Å². The molecule has 1 amide bonds. The average Bonchev–Trinajstić information content (AvgIpc) is 2.01. The summed E-state index contributed by atoms with van der Waals surface area (Å²) in [5.41, 5.74) is 0. The summed E-state index contributed by atoms with van der Waals surface area (Å²) in [7, 11) is 0. The molecule has 1 aromatic heterocycles. The van der Waals surface area contributed by atoms with Crippen molar-refractivity contribution in [1.82, 2.24) is 9.97 Å². The smallest absolute Gasteiger partial charge is 0.229 e. The Kier molecular flexibility index (Phi) is 3.85. The first kappa shape index (κ1) is 10.9. The molecule has 14 heavy (non-hydrogen) atoms. The Morgan fingerprint density at radius 2 is 2.29 bits per heavy atom. The number of halogens is 2. The number of hydrogen-bond acceptors (Lipinski definition) is 3. The highest BCUT2D eigenvalue weighted by atomic mass is 35.5. The lowest BCUT2D eigenvalue weighted by Gasteiger charge is -2.02. The van der Waals surface area contributed by atoms with Gasteiger partial charge >= 0.3 is 0 Å². The van der Waals surface area contributed by atoms with Gasteiger partial charge in [0.15, 0.2) is 0 Å². The number of carbonyl (C=O) groups is 1. The van der Waals surface area contributed by atoms with Gasteiger partial charge in [-0.15, -0.1) is 6.58 Å². The first-order chi connectivity index (χ1) is 6.61. The van der Waals surface area contributed by atoms with Gasteiger partial charge in [0.05, 0.1) is 0 Å². The van der Waals surface area contributed by atoms with Crippen LogP contribution < -0.4 is 5.32 Å². The molecule has 74 valence electrons. The number of amides is 1. The van der Waals surface area contributed by atoms with Crippen LogP contribution in [0.5, 0.6) is 0 Å². The monoisotopic (exact) mass is 231 g/mol. The summed E-state index contributed by atoms with van der Waals surface area (Å²) in [5, 5.41) is 2.67. The molecular weight excluding hydrogens is 225 g/mol. The van der Waals surface area contributed by atoms with Gasteiger partial charge in [0.25, 0.3) is 0 Å². The first-order valence-corrected chi connectivity index (χ1v) is 4.48. The predicted octanol–water partition coefficient (Wildman–Crippen LogP) is 2.30. The topological polar surface area (TPSA) is 54.9 Å². The molecule has 1 heterocycles. The van der Waals surface area contributed by atoms with Crippen LogP contribution in [0.2, 0.25) is 10.4 Å². The van der Waals surface area contributed by atoms with Crippen molar-refractivity contribution in [1.29, 1.82) is 0 Å². The van der Waals surface area contributed by atoms with Crippen LogP contribution in [0, 0.1) is 0 Å². The van der Waals surface area contributed by atoms with Gasteiger partial charge in [-0.25, -0.2) is 9.97 Å². The molecule has 1 rings (SSSR count). The molecule has 6 heteroatoms. The van der Waals surface area contributed by atoms with Crippen molar-refractivity contribution < 1.29 is 4.79 Å². The van der Waals surface area contributed by atoms with E-state index in [0.717, 1.165) is 0 Å². The summed E-state index contributed by atoms with van der Waals surface area (Å²) >= 11 is 11.1. The number of hydrogen-bond donors (Lipinski definition) is 1. The van der Waals surface area contributed by atoms with Gasteiger partial charge in [0.2, 0.25) is 11.2 Å². The van der Waals surface area contributed by atoms with Crippen LogP contribution in [0.3, 0.4) is 0 Å². The molecular formula is C8H7Cl2N3O. The Labute approximate surface area is 91.0 Å². The molecule has 0 bridgehead atoms. The van der Waals surface area contributed by atoms with E-state index in [0.29, 0.717) is 0 Å². The lowest BCUT2D eigenvalue weighted by Crippen LogP contribution is -2.11. The number of anilines is 1. The highest BCUT2D eigenvalue weighted by molar-refractivity contribution is 6.32. The molecule has 0 aliphatic heterocycles. The Bertz CT molecular complexity index is 347. The minimum Gasteiger partial charge on any atom is -0.310 e. The molecule has 1 aromatic rings. The Morgan fingerprint density at radius 3 is 2.86 bits per heavy atom. The van der Waals surface area contributed by atoms with Crippen LogP contribution in [-0.2, 0) is 4.79 Å². The molecule has 0 saturated carbocycles. The zero-order valence-corrected chi connectivity index (χ0v) is 8.64. The summed E-state index contributed by atoms with van der Waals surface area (Å²) in [6.45, 7) is 3.43.